The summed E-state index contributed by atoms with van der Waals surface area (Å²) in [6.07, 6.45) is -0.369. The highest BCUT2D eigenvalue weighted by atomic mass is 79.9. The smallest absolute Gasteiger partial charge is 0.253 e. The molecule has 0 aromatic heterocycles. The third-order valence-electron chi connectivity index (χ3n) is 3.34. The Morgan fingerprint density at radius 1 is 1.48 bits per heavy atom. The summed E-state index contributed by atoms with van der Waals surface area (Å²) in [6, 6.07) is 7.66. The molecule has 1 N–H and O–H groups in total. The van der Waals surface area contributed by atoms with Gasteiger partial charge in [-0.05, 0) is 31.2 Å². The van der Waals surface area contributed by atoms with Crippen LogP contribution in [0.5, 0.6) is 5.75 Å². The van der Waals surface area contributed by atoms with Crippen molar-refractivity contribution in [2.45, 2.75) is 13.0 Å². The minimum Gasteiger partial charge on any atom is -0.492 e. The van der Waals surface area contributed by atoms with Crippen molar-refractivity contribution in [2.24, 2.45) is 0 Å². The SMILES string of the molecule is CCN(CCOc1ccc(Br)cc1)C(=O)C1CNCCO1. The largest absolute Gasteiger partial charge is 0.492 e. The summed E-state index contributed by atoms with van der Waals surface area (Å²) in [5, 5.41) is 3.17. The summed E-state index contributed by atoms with van der Waals surface area (Å²) < 4.78 is 12.2. The van der Waals surface area contributed by atoms with E-state index in [0.717, 1.165) is 16.8 Å². The number of hydrogen-bond donors (Lipinski definition) is 1. The van der Waals surface area contributed by atoms with Crippen LogP contribution in [0.15, 0.2) is 28.7 Å². The Balaban J connectivity index is 1.78. The first kappa shape index (κ1) is 16.3. The number of halogens is 1. The van der Waals surface area contributed by atoms with Crippen LogP contribution < -0.4 is 10.1 Å². The summed E-state index contributed by atoms with van der Waals surface area (Å²) >= 11 is 3.38. The summed E-state index contributed by atoms with van der Waals surface area (Å²) in [7, 11) is 0. The molecule has 116 valence electrons. The van der Waals surface area contributed by atoms with E-state index in [0.29, 0.717) is 32.8 Å². The molecule has 21 heavy (non-hydrogen) atoms. The Labute approximate surface area is 133 Å². The lowest BCUT2D eigenvalue weighted by atomic mass is 10.2. The standard InChI is InChI=1S/C15H21BrN2O3/c1-2-18(15(19)14-11-17-7-9-21-14)8-10-20-13-5-3-12(16)4-6-13/h3-6,14,17H,2,7-11H2,1H3. The van der Waals surface area contributed by atoms with E-state index in [1.807, 2.05) is 31.2 Å². The molecule has 1 amide bonds. The van der Waals surface area contributed by atoms with E-state index in [4.69, 9.17) is 9.47 Å². The lowest BCUT2D eigenvalue weighted by Crippen LogP contribution is -2.50. The van der Waals surface area contributed by atoms with Gasteiger partial charge in [-0.3, -0.25) is 4.79 Å². The number of ether oxygens (including phenoxy) is 2. The zero-order chi connectivity index (χ0) is 15.1. The first-order valence-corrected chi connectivity index (χ1v) is 7.99. The Morgan fingerprint density at radius 3 is 2.86 bits per heavy atom. The molecule has 6 heteroatoms. The maximum absolute atomic E-state index is 12.3. The molecule has 1 saturated heterocycles. The van der Waals surface area contributed by atoms with Gasteiger partial charge in [0, 0.05) is 24.1 Å². The molecule has 1 atom stereocenters. The molecule has 1 aliphatic rings. The van der Waals surface area contributed by atoms with Crippen LogP contribution in [0.1, 0.15) is 6.92 Å². The molecule has 0 spiro atoms. The zero-order valence-electron chi connectivity index (χ0n) is 12.2. The van der Waals surface area contributed by atoms with Gasteiger partial charge in [0.05, 0.1) is 13.2 Å². The average molecular weight is 357 g/mol. The van der Waals surface area contributed by atoms with E-state index >= 15 is 0 Å². The third-order valence-corrected chi connectivity index (χ3v) is 3.87. The second-order valence-corrected chi connectivity index (χ2v) is 5.70. The van der Waals surface area contributed by atoms with Gasteiger partial charge in [0.2, 0.25) is 0 Å². The van der Waals surface area contributed by atoms with E-state index in [1.54, 1.807) is 4.90 Å². The van der Waals surface area contributed by atoms with Crippen LogP contribution in [0.4, 0.5) is 0 Å². The normalized spacial score (nSPS) is 18.3. The molecule has 1 heterocycles. The minimum absolute atomic E-state index is 0.0316. The molecule has 1 fully saturated rings. The fraction of sp³-hybridized carbons (Fsp3) is 0.533. The predicted octanol–water partition coefficient (Wildman–Crippen LogP) is 1.66. The second-order valence-electron chi connectivity index (χ2n) is 4.78. The number of carbonyl (C=O) groups excluding carboxylic acids is 1. The topological polar surface area (TPSA) is 50.8 Å². The van der Waals surface area contributed by atoms with Crippen molar-refractivity contribution in [3.63, 3.8) is 0 Å². The molecule has 1 aromatic rings. The van der Waals surface area contributed by atoms with Crippen LogP contribution in [0, 0.1) is 0 Å². The number of morpholine rings is 1. The fourth-order valence-electron chi connectivity index (χ4n) is 2.16. The number of likely N-dealkylation sites (N-methyl/N-ethyl adjacent to an activating group) is 1. The molecular weight excluding hydrogens is 336 g/mol. The lowest BCUT2D eigenvalue weighted by Gasteiger charge is -2.29. The molecule has 1 aliphatic heterocycles. The van der Waals surface area contributed by atoms with Crippen molar-refractivity contribution in [3.8, 4) is 5.75 Å². The molecular formula is C15H21BrN2O3. The maximum Gasteiger partial charge on any atom is 0.253 e. The molecule has 0 bridgehead atoms. The van der Waals surface area contributed by atoms with Gasteiger partial charge in [0.25, 0.3) is 5.91 Å². The number of benzene rings is 1. The Hall–Kier alpha value is -1.11. The number of carbonyl (C=O) groups is 1. The van der Waals surface area contributed by atoms with Gasteiger partial charge in [-0.1, -0.05) is 15.9 Å². The van der Waals surface area contributed by atoms with Crippen molar-refractivity contribution in [3.05, 3.63) is 28.7 Å². The predicted molar refractivity (Wildman–Crippen MR) is 84.5 cm³/mol. The van der Waals surface area contributed by atoms with E-state index in [9.17, 15) is 4.79 Å². The first-order valence-electron chi connectivity index (χ1n) is 7.20. The Bertz CT molecular complexity index is 447. The summed E-state index contributed by atoms with van der Waals surface area (Å²) in [5.41, 5.74) is 0. The van der Waals surface area contributed by atoms with Crippen molar-refractivity contribution < 1.29 is 14.3 Å². The second kappa shape index (κ2) is 8.36. The van der Waals surface area contributed by atoms with Gasteiger partial charge in [0.1, 0.15) is 18.5 Å². The van der Waals surface area contributed by atoms with Crippen LogP contribution >= 0.6 is 15.9 Å². The number of nitrogens with one attached hydrogen (secondary N) is 1. The van der Waals surface area contributed by atoms with E-state index in [-0.39, 0.29) is 12.0 Å². The number of rotatable bonds is 6. The van der Waals surface area contributed by atoms with Crippen molar-refractivity contribution >= 4 is 21.8 Å². The maximum atomic E-state index is 12.3. The van der Waals surface area contributed by atoms with Crippen LogP contribution in [0.25, 0.3) is 0 Å². The van der Waals surface area contributed by atoms with Gasteiger partial charge in [-0.25, -0.2) is 0 Å². The van der Waals surface area contributed by atoms with E-state index < -0.39 is 0 Å². The highest BCUT2D eigenvalue weighted by molar-refractivity contribution is 9.10. The lowest BCUT2D eigenvalue weighted by molar-refractivity contribution is -0.145. The van der Waals surface area contributed by atoms with Gasteiger partial charge in [-0.15, -0.1) is 0 Å². The zero-order valence-corrected chi connectivity index (χ0v) is 13.8. The van der Waals surface area contributed by atoms with E-state index in [1.165, 1.54) is 0 Å². The number of hydrogen-bond acceptors (Lipinski definition) is 4. The highest BCUT2D eigenvalue weighted by Gasteiger charge is 2.25. The molecule has 0 radical (unpaired) electrons. The molecule has 1 unspecified atom stereocenters. The highest BCUT2D eigenvalue weighted by Crippen LogP contribution is 2.16. The minimum atomic E-state index is -0.369. The van der Waals surface area contributed by atoms with Gasteiger partial charge >= 0.3 is 0 Å². The summed E-state index contributed by atoms with van der Waals surface area (Å²) in [6.45, 7) is 5.64. The Morgan fingerprint density at radius 2 is 2.24 bits per heavy atom. The molecule has 2 rings (SSSR count). The van der Waals surface area contributed by atoms with Crippen LogP contribution in [0.2, 0.25) is 0 Å². The molecule has 5 nitrogen and oxygen atoms in total. The molecule has 0 aliphatic carbocycles. The van der Waals surface area contributed by atoms with Crippen LogP contribution in [-0.4, -0.2) is 56.3 Å². The van der Waals surface area contributed by atoms with Crippen molar-refractivity contribution in [1.82, 2.24) is 10.2 Å². The fourth-order valence-corrected chi connectivity index (χ4v) is 2.42. The van der Waals surface area contributed by atoms with Crippen molar-refractivity contribution in [1.29, 1.82) is 0 Å². The molecule has 0 saturated carbocycles. The van der Waals surface area contributed by atoms with Crippen molar-refractivity contribution in [2.75, 3.05) is 39.4 Å². The summed E-state index contributed by atoms with van der Waals surface area (Å²) in [4.78, 5) is 14.1. The quantitative estimate of drug-likeness (QED) is 0.842. The number of amides is 1. The Kier molecular flexibility index (Phi) is 6.48. The van der Waals surface area contributed by atoms with Gasteiger partial charge in [-0.2, -0.15) is 0 Å². The van der Waals surface area contributed by atoms with Crippen LogP contribution in [0.3, 0.4) is 0 Å². The van der Waals surface area contributed by atoms with Crippen LogP contribution in [-0.2, 0) is 9.53 Å². The third kappa shape index (κ3) is 4.98. The van der Waals surface area contributed by atoms with E-state index in [2.05, 4.69) is 21.2 Å². The number of nitrogens with zero attached hydrogens (tertiary/aromatic N) is 1. The van der Waals surface area contributed by atoms with Gasteiger partial charge < -0.3 is 19.7 Å². The monoisotopic (exact) mass is 356 g/mol. The molecule has 1 aromatic carbocycles. The summed E-state index contributed by atoms with van der Waals surface area (Å²) in [5.74, 6) is 0.835. The van der Waals surface area contributed by atoms with Gasteiger partial charge in [0.15, 0.2) is 0 Å². The first-order chi connectivity index (χ1) is 10.2. The average Bonchev–Trinajstić information content (AvgIpc) is 2.53.